The smallest absolute Gasteiger partial charge is 0.0601 e. The first-order chi connectivity index (χ1) is 9.93. The van der Waals surface area contributed by atoms with Crippen LogP contribution >= 0.6 is 0 Å². The second-order valence-corrected chi connectivity index (χ2v) is 4.80. The van der Waals surface area contributed by atoms with Gasteiger partial charge in [-0.1, -0.05) is 42.5 Å². The molecule has 1 nitrogen and oxygen atoms in total. The van der Waals surface area contributed by atoms with Gasteiger partial charge in [-0.3, -0.25) is 4.98 Å². The van der Waals surface area contributed by atoms with E-state index in [2.05, 4.69) is 54.6 Å². The third kappa shape index (κ3) is 1.68. The van der Waals surface area contributed by atoms with Crippen molar-refractivity contribution in [3.05, 3.63) is 78.9 Å². The van der Waals surface area contributed by atoms with Gasteiger partial charge in [-0.05, 0) is 22.5 Å². The minimum absolute atomic E-state index is 1.000. The van der Waals surface area contributed by atoms with Crippen LogP contribution in [0.1, 0.15) is 0 Å². The predicted molar refractivity (Wildman–Crippen MR) is 83.5 cm³/mol. The number of nitrogens with zero attached hydrogens (tertiary/aromatic N) is 1. The molecule has 0 radical (unpaired) electrons. The summed E-state index contributed by atoms with van der Waals surface area (Å²) in [4.78, 5) is 4.84. The van der Waals surface area contributed by atoms with Gasteiger partial charge in [0.15, 0.2) is 0 Å². The van der Waals surface area contributed by atoms with Crippen LogP contribution in [0.25, 0.3) is 32.9 Å². The van der Waals surface area contributed by atoms with Crippen molar-refractivity contribution >= 4 is 21.7 Å². The first kappa shape index (κ1) is 11.2. The molecule has 0 amide bonds. The SMILES string of the molecule is [c-]1ccccc1-c1nc2ccccc2c2ccccc12. The topological polar surface area (TPSA) is 12.9 Å². The summed E-state index contributed by atoms with van der Waals surface area (Å²) in [6, 6.07) is 28.0. The standard InChI is InChI=1S/C19H12N/c1-2-8-14(9-3-1)19-17-12-5-4-10-15(17)16-11-6-7-13-18(16)20-19/h1-8,10-13H/q-1. The first-order valence-electron chi connectivity index (χ1n) is 6.68. The molecule has 0 bridgehead atoms. The zero-order chi connectivity index (χ0) is 13.4. The summed E-state index contributed by atoms with van der Waals surface area (Å²) >= 11 is 0. The summed E-state index contributed by atoms with van der Waals surface area (Å²) in [7, 11) is 0. The second-order valence-electron chi connectivity index (χ2n) is 4.80. The molecule has 0 saturated heterocycles. The molecule has 20 heavy (non-hydrogen) atoms. The molecular weight excluding hydrogens is 242 g/mol. The highest BCUT2D eigenvalue weighted by Gasteiger charge is 2.04. The maximum absolute atomic E-state index is 4.84. The minimum Gasteiger partial charge on any atom is -0.296 e. The van der Waals surface area contributed by atoms with Gasteiger partial charge in [-0.2, -0.15) is 0 Å². The molecule has 0 saturated carbocycles. The molecule has 0 N–H and O–H groups in total. The van der Waals surface area contributed by atoms with E-state index in [1.54, 1.807) is 0 Å². The zero-order valence-electron chi connectivity index (χ0n) is 10.9. The molecule has 0 aliphatic heterocycles. The average molecular weight is 254 g/mol. The third-order valence-corrected chi connectivity index (χ3v) is 3.57. The molecule has 1 heterocycles. The molecular formula is C19H12N-. The summed E-state index contributed by atoms with van der Waals surface area (Å²) < 4.78 is 0. The highest BCUT2D eigenvalue weighted by molar-refractivity contribution is 6.10. The monoisotopic (exact) mass is 254 g/mol. The Morgan fingerprint density at radius 1 is 0.650 bits per heavy atom. The molecule has 0 atom stereocenters. The summed E-state index contributed by atoms with van der Waals surface area (Å²) in [5.74, 6) is 0. The van der Waals surface area contributed by atoms with Gasteiger partial charge in [0.1, 0.15) is 0 Å². The quantitative estimate of drug-likeness (QED) is 0.349. The van der Waals surface area contributed by atoms with Gasteiger partial charge in [0, 0.05) is 5.39 Å². The van der Waals surface area contributed by atoms with Gasteiger partial charge < -0.3 is 0 Å². The van der Waals surface area contributed by atoms with Crippen molar-refractivity contribution in [3.63, 3.8) is 0 Å². The Morgan fingerprint density at radius 2 is 1.35 bits per heavy atom. The average Bonchev–Trinajstić information content (AvgIpc) is 2.55. The van der Waals surface area contributed by atoms with E-state index in [1.165, 1.54) is 16.2 Å². The van der Waals surface area contributed by atoms with Gasteiger partial charge in [0.05, 0.1) is 5.52 Å². The van der Waals surface area contributed by atoms with E-state index >= 15 is 0 Å². The van der Waals surface area contributed by atoms with E-state index in [1.807, 2.05) is 24.3 Å². The molecule has 3 aromatic carbocycles. The van der Waals surface area contributed by atoms with E-state index < -0.39 is 0 Å². The van der Waals surface area contributed by atoms with Gasteiger partial charge in [0.2, 0.25) is 0 Å². The molecule has 0 spiro atoms. The Kier molecular flexibility index (Phi) is 2.49. The molecule has 4 rings (SSSR count). The lowest BCUT2D eigenvalue weighted by molar-refractivity contribution is 1.42. The number of hydrogen-bond acceptors (Lipinski definition) is 1. The third-order valence-electron chi connectivity index (χ3n) is 3.57. The Labute approximate surface area is 117 Å². The molecule has 1 aromatic heterocycles. The maximum Gasteiger partial charge on any atom is 0.0601 e. The Morgan fingerprint density at radius 3 is 2.15 bits per heavy atom. The van der Waals surface area contributed by atoms with Crippen LogP contribution in [0, 0.1) is 6.07 Å². The van der Waals surface area contributed by atoms with E-state index in [0.29, 0.717) is 0 Å². The van der Waals surface area contributed by atoms with Crippen molar-refractivity contribution in [1.29, 1.82) is 0 Å². The normalized spacial score (nSPS) is 11.0. The Bertz CT molecular complexity index is 895. The number of pyridine rings is 1. The van der Waals surface area contributed by atoms with E-state index in [0.717, 1.165) is 16.8 Å². The van der Waals surface area contributed by atoms with Crippen LogP contribution in [-0.4, -0.2) is 4.98 Å². The fourth-order valence-corrected chi connectivity index (χ4v) is 2.65. The fourth-order valence-electron chi connectivity index (χ4n) is 2.65. The second kappa shape index (κ2) is 4.46. The fraction of sp³-hybridized carbons (Fsp3) is 0. The van der Waals surface area contributed by atoms with Crippen LogP contribution in [0.15, 0.2) is 72.8 Å². The van der Waals surface area contributed by atoms with Crippen LogP contribution in [0.2, 0.25) is 0 Å². The maximum atomic E-state index is 4.84. The predicted octanol–water partition coefficient (Wildman–Crippen LogP) is 4.86. The van der Waals surface area contributed by atoms with Crippen LogP contribution in [0.3, 0.4) is 0 Å². The first-order valence-corrected chi connectivity index (χ1v) is 6.68. The number of para-hydroxylation sites is 1. The van der Waals surface area contributed by atoms with E-state index in [-0.39, 0.29) is 0 Å². The number of rotatable bonds is 1. The lowest BCUT2D eigenvalue weighted by atomic mass is 10.0. The summed E-state index contributed by atoms with van der Waals surface area (Å²) in [5, 5.41) is 3.61. The highest BCUT2D eigenvalue weighted by Crippen LogP contribution is 2.31. The van der Waals surface area contributed by atoms with Crippen LogP contribution < -0.4 is 0 Å². The van der Waals surface area contributed by atoms with Crippen molar-refractivity contribution in [1.82, 2.24) is 4.98 Å². The van der Waals surface area contributed by atoms with Gasteiger partial charge in [-0.25, -0.2) is 0 Å². The van der Waals surface area contributed by atoms with Crippen LogP contribution in [0.5, 0.6) is 0 Å². The van der Waals surface area contributed by atoms with Crippen molar-refractivity contribution in [2.45, 2.75) is 0 Å². The summed E-state index contributed by atoms with van der Waals surface area (Å²) in [5.41, 5.74) is 3.06. The van der Waals surface area contributed by atoms with Gasteiger partial charge in [-0.15, -0.1) is 35.9 Å². The summed E-state index contributed by atoms with van der Waals surface area (Å²) in [6.07, 6.45) is 0. The molecule has 94 valence electrons. The molecule has 1 heteroatoms. The lowest BCUT2D eigenvalue weighted by Gasteiger charge is -2.14. The number of hydrogen-bond donors (Lipinski definition) is 0. The van der Waals surface area contributed by atoms with Crippen molar-refractivity contribution in [2.24, 2.45) is 0 Å². The molecule has 0 unspecified atom stereocenters. The molecule has 0 fully saturated rings. The van der Waals surface area contributed by atoms with Gasteiger partial charge in [0.25, 0.3) is 0 Å². The zero-order valence-corrected chi connectivity index (χ0v) is 10.9. The molecule has 0 aliphatic rings. The van der Waals surface area contributed by atoms with Crippen molar-refractivity contribution in [3.8, 4) is 11.3 Å². The van der Waals surface area contributed by atoms with Crippen molar-refractivity contribution in [2.75, 3.05) is 0 Å². The minimum atomic E-state index is 1.000. The number of fused-ring (bicyclic) bond motifs is 3. The lowest BCUT2D eigenvalue weighted by Crippen LogP contribution is -1.89. The van der Waals surface area contributed by atoms with Crippen LogP contribution in [0.4, 0.5) is 0 Å². The highest BCUT2D eigenvalue weighted by atomic mass is 14.7. The Hall–Kier alpha value is -2.67. The molecule has 0 aliphatic carbocycles. The summed E-state index contributed by atoms with van der Waals surface area (Å²) in [6.45, 7) is 0. The largest absolute Gasteiger partial charge is 0.296 e. The Balaban J connectivity index is 2.19. The van der Waals surface area contributed by atoms with Gasteiger partial charge >= 0.3 is 0 Å². The van der Waals surface area contributed by atoms with Crippen molar-refractivity contribution < 1.29 is 0 Å². The van der Waals surface area contributed by atoms with E-state index in [4.69, 9.17) is 4.98 Å². The molecule has 4 aromatic rings. The van der Waals surface area contributed by atoms with E-state index in [9.17, 15) is 0 Å². The van der Waals surface area contributed by atoms with Crippen LogP contribution in [-0.2, 0) is 0 Å². The number of benzene rings is 3. The number of aromatic nitrogens is 1.